The molecule has 6 rings (SSSR count). The van der Waals surface area contributed by atoms with Crippen LogP contribution in [-0.4, -0.2) is 31.1 Å². The first-order valence-corrected chi connectivity index (χ1v) is 13.0. The Kier molecular flexibility index (Phi) is 5.80. The van der Waals surface area contributed by atoms with Gasteiger partial charge in [-0.3, -0.25) is 19.9 Å². The molecule has 0 radical (unpaired) electrons. The molecule has 9 heteroatoms. The number of hydrogen-bond donors (Lipinski definition) is 3. The topological polar surface area (TPSA) is 99.3 Å². The Morgan fingerprint density at radius 3 is 2.61 bits per heavy atom. The van der Waals surface area contributed by atoms with Crippen molar-refractivity contribution in [2.24, 2.45) is 5.41 Å². The summed E-state index contributed by atoms with van der Waals surface area (Å²) >= 11 is 1.07. The fraction of sp³-hybridized carbons (Fsp3) is 0.172. The number of pyridine rings is 2. The molecule has 190 valence electrons. The van der Waals surface area contributed by atoms with Gasteiger partial charge in [-0.05, 0) is 53.4 Å². The van der Waals surface area contributed by atoms with Crippen LogP contribution in [0, 0.1) is 10.5 Å². The van der Waals surface area contributed by atoms with Gasteiger partial charge in [0.05, 0.1) is 33.7 Å². The zero-order chi connectivity index (χ0) is 26.4. The molecule has 0 aliphatic carbocycles. The predicted octanol–water partition coefficient (Wildman–Crippen LogP) is 7.41. The average Bonchev–Trinajstić information content (AvgIpc) is 3.60. The molecule has 3 N–H and O–H groups in total. The van der Waals surface area contributed by atoms with Crippen LogP contribution >= 0.6 is 11.3 Å². The molecule has 1 aromatic carbocycles. The second-order valence-electron chi connectivity index (χ2n) is 10.5. The van der Waals surface area contributed by atoms with Crippen LogP contribution in [0.15, 0.2) is 67.1 Å². The normalized spacial score (nSPS) is 11.9. The molecule has 0 unspecified atom stereocenters. The number of nitrogens with zero attached hydrogens (tertiary/aromatic N) is 3. The molecular weight excluding hydrogens is 499 g/mol. The highest BCUT2D eigenvalue weighted by Gasteiger charge is 2.18. The van der Waals surface area contributed by atoms with Crippen molar-refractivity contribution in [3.8, 4) is 33.1 Å². The molecular formula is C29H25FN6OS. The second kappa shape index (κ2) is 9.18. The van der Waals surface area contributed by atoms with Gasteiger partial charge in [0.15, 0.2) is 5.13 Å². The predicted molar refractivity (Wildman–Crippen MR) is 150 cm³/mol. The summed E-state index contributed by atoms with van der Waals surface area (Å²) in [5, 5.41) is 12.3. The lowest BCUT2D eigenvalue weighted by atomic mass is 9.92. The van der Waals surface area contributed by atoms with Crippen molar-refractivity contribution in [2.45, 2.75) is 27.2 Å². The van der Waals surface area contributed by atoms with E-state index in [0.717, 1.165) is 66.2 Å². The van der Waals surface area contributed by atoms with E-state index in [-0.39, 0.29) is 16.5 Å². The molecule has 5 aromatic heterocycles. The van der Waals surface area contributed by atoms with Gasteiger partial charge in [-0.1, -0.05) is 26.8 Å². The summed E-state index contributed by atoms with van der Waals surface area (Å²) < 4.78 is 13.7. The number of carbonyl (C=O) groups excluding carboxylic acids is 1. The third-order valence-electron chi connectivity index (χ3n) is 6.22. The summed E-state index contributed by atoms with van der Waals surface area (Å²) in [4.78, 5) is 25.5. The maximum Gasteiger partial charge on any atom is 0.224 e. The van der Waals surface area contributed by atoms with E-state index in [1.54, 1.807) is 24.7 Å². The van der Waals surface area contributed by atoms with Crippen molar-refractivity contribution in [3.05, 3.63) is 72.3 Å². The molecule has 0 aliphatic rings. The lowest BCUT2D eigenvalue weighted by Crippen LogP contribution is -2.19. The van der Waals surface area contributed by atoms with E-state index in [1.165, 1.54) is 6.07 Å². The van der Waals surface area contributed by atoms with Crippen molar-refractivity contribution < 1.29 is 9.18 Å². The number of thiophene rings is 1. The molecule has 0 saturated carbocycles. The van der Waals surface area contributed by atoms with Gasteiger partial charge in [0.1, 0.15) is 5.69 Å². The van der Waals surface area contributed by atoms with Crippen LogP contribution < -0.4 is 5.32 Å². The van der Waals surface area contributed by atoms with Crippen LogP contribution in [-0.2, 0) is 4.79 Å². The van der Waals surface area contributed by atoms with E-state index in [9.17, 15) is 9.18 Å². The van der Waals surface area contributed by atoms with Crippen LogP contribution in [0.25, 0.3) is 54.9 Å². The number of rotatable bonds is 5. The molecule has 0 saturated heterocycles. The van der Waals surface area contributed by atoms with Crippen molar-refractivity contribution in [3.63, 3.8) is 0 Å². The number of nitrogens with one attached hydrogen (secondary N) is 3. The van der Waals surface area contributed by atoms with Crippen molar-refractivity contribution in [1.82, 2.24) is 25.1 Å². The third-order valence-corrected chi connectivity index (χ3v) is 7.10. The minimum Gasteiger partial charge on any atom is -0.353 e. The fourth-order valence-electron chi connectivity index (χ4n) is 4.57. The van der Waals surface area contributed by atoms with Gasteiger partial charge in [-0.2, -0.15) is 9.49 Å². The van der Waals surface area contributed by atoms with E-state index in [4.69, 9.17) is 0 Å². The maximum absolute atomic E-state index is 13.7. The Bertz CT molecular complexity index is 1810. The molecule has 38 heavy (non-hydrogen) atoms. The zero-order valence-corrected chi connectivity index (χ0v) is 21.9. The van der Waals surface area contributed by atoms with Crippen LogP contribution in [0.3, 0.4) is 0 Å². The molecule has 5 heterocycles. The first-order chi connectivity index (χ1) is 18.2. The Labute approximate surface area is 222 Å². The zero-order valence-electron chi connectivity index (χ0n) is 21.1. The monoisotopic (exact) mass is 524 g/mol. The van der Waals surface area contributed by atoms with Crippen LogP contribution in [0.5, 0.6) is 0 Å². The summed E-state index contributed by atoms with van der Waals surface area (Å²) in [6.07, 6.45) is 5.57. The van der Waals surface area contributed by atoms with Crippen LogP contribution in [0.2, 0.25) is 0 Å². The summed E-state index contributed by atoms with van der Waals surface area (Å²) in [5.41, 5.74) is 6.51. The number of benzene rings is 1. The van der Waals surface area contributed by atoms with Gasteiger partial charge in [-0.15, -0.1) is 11.3 Å². The number of halogens is 1. The number of hydrogen-bond acceptors (Lipinski definition) is 5. The fourth-order valence-corrected chi connectivity index (χ4v) is 5.31. The largest absolute Gasteiger partial charge is 0.353 e. The number of aromatic amines is 2. The summed E-state index contributed by atoms with van der Waals surface area (Å²) in [7, 11) is 0. The van der Waals surface area contributed by atoms with Gasteiger partial charge in [0.25, 0.3) is 0 Å². The molecule has 6 aromatic rings. The molecule has 7 nitrogen and oxygen atoms in total. The Balaban J connectivity index is 1.36. The second-order valence-corrected chi connectivity index (χ2v) is 11.5. The SMILES string of the molecule is CC(C)(C)CC(=O)Nc1cncc(-c2ccc3[nH]nc(-c4cc5c(-c6ccc(F)s6)nccc5[nH]4)c3c2)c1. The van der Waals surface area contributed by atoms with E-state index >= 15 is 0 Å². The molecule has 0 atom stereocenters. The van der Waals surface area contributed by atoms with E-state index < -0.39 is 0 Å². The Morgan fingerprint density at radius 2 is 1.82 bits per heavy atom. The van der Waals surface area contributed by atoms with Gasteiger partial charge in [0, 0.05) is 40.7 Å². The van der Waals surface area contributed by atoms with E-state index in [2.05, 4.69) is 36.5 Å². The smallest absolute Gasteiger partial charge is 0.224 e. The number of carbonyl (C=O) groups is 1. The molecule has 0 bridgehead atoms. The number of H-pyrrole nitrogens is 2. The van der Waals surface area contributed by atoms with Crippen molar-refractivity contribution in [2.75, 3.05) is 5.32 Å². The summed E-state index contributed by atoms with van der Waals surface area (Å²) in [6, 6.07) is 15.1. The van der Waals surface area contributed by atoms with Crippen molar-refractivity contribution >= 4 is 44.7 Å². The van der Waals surface area contributed by atoms with Crippen molar-refractivity contribution in [1.29, 1.82) is 0 Å². The lowest BCUT2D eigenvalue weighted by Gasteiger charge is -2.17. The molecule has 0 aliphatic heterocycles. The Morgan fingerprint density at radius 1 is 0.974 bits per heavy atom. The van der Waals surface area contributed by atoms with E-state index in [0.29, 0.717) is 12.1 Å². The van der Waals surface area contributed by atoms with Crippen LogP contribution in [0.4, 0.5) is 10.1 Å². The first kappa shape index (κ1) is 24.0. The molecule has 0 spiro atoms. The Hall–Kier alpha value is -4.37. The molecule has 0 fully saturated rings. The first-order valence-electron chi connectivity index (χ1n) is 12.2. The minimum atomic E-state index is -0.243. The summed E-state index contributed by atoms with van der Waals surface area (Å²) in [5.74, 6) is -0.0398. The third kappa shape index (κ3) is 4.68. The van der Waals surface area contributed by atoms with E-state index in [1.807, 2.05) is 51.1 Å². The number of amides is 1. The highest BCUT2D eigenvalue weighted by Crippen LogP contribution is 2.36. The van der Waals surface area contributed by atoms with Gasteiger partial charge in [0.2, 0.25) is 5.91 Å². The minimum absolute atomic E-state index is 0.0398. The van der Waals surface area contributed by atoms with Gasteiger partial charge < -0.3 is 10.3 Å². The maximum atomic E-state index is 13.7. The van der Waals surface area contributed by atoms with Gasteiger partial charge in [-0.25, -0.2) is 0 Å². The average molecular weight is 525 g/mol. The van der Waals surface area contributed by atoms with Gasteiger partial charge >= 0.3 is 0 Å². The number of anilines is 1. The lowest BCUT2D eigenvalue weighted by molar-refractivity contribution is -0.117. The standard InChI is InChI=1S/C29H25FN6OS/c1-29(2,3)13-26(37)33-18-10-17(14-31-15-18)16-4-5-22-19(11-16)27(36-35-22)23-12-20-21(34-23)8-9-32-28(20)24-6-7-25(30)38-24/h4-12,14-15,34H,13H2,1-3H3,(H,33,37)(H,35,36). The quantitative estimate of drug-likeness (QED) is 0.219. The van der Waals surface area contributed by atoms with Crippen LogP contribution in [0.1, 0.15) is 27.2 Å². The number of aromatic nitrogens is 5. The summed E-state index contributed by atoms with van der Waals surface area (Å²) in [6.45, 7) is 6.10. The highest BCUT2D eigenvalue weighted by molar-refractivity contribution is 7.13. The highest BCUT2D eigenvalue weighted by atomic mass is 32.1. The number of fused-ring (bicyclic) bond motifs is 2. The molecule has 1 amide bonds.